The normalized spacial score (nSPS) is 11.8. The summed E-state index contributed by atoms with van der Waals surface area (Å²) in [5.74, 6) is 2.28. The van der Waals surface area contributed by atoms with Crippen molar-refractivity contribution in [2.45, 2.75) is 39.0 Å². The number of carbonyl (C=O) groups excluding carboxylic acids is 1. The monoisotopic (exact) mass is 357 g/mol. The molecule has 0 heterocycles. The fourth-order valence-corrected chi connectivity index (χ4v) is 3.52. The Morgan fingerprint density at radius 1 is 1.16 bits per heavy atom. The Morgan fingerprint density at radius 2 is 1.88 bits per heavy atom. The lowest BCUT2D eigenvalue weighted by Crippen LogP contribution is -2.29. The van der Waals surface area contributed by atoms with Gasteiger partial charge in [-0.15, -0.1) is 11.8 Å². The fraction of sp³-hybridized carbons (Fsp3) is 0.381. The second-order valence-corrected chi connectivity index (χ2v) is 7.22. The third-order valence-corrected chi connectivity index (χ3v) is 5.19. The lowest BCUT2D eigenvalue weighted by Gasteiger charge is -2.19. The van der Waals surface area contributed by atoms with Crippen molar-refractivity contribution in [3.63, 3.8) is 0 Å². The molecule has 0 aromatic heterocycles. The number of amides is 1. The van der Waals surface area contributed by atoms with E-state index in [0.29, 0.717) is 5.75 Å². The molecule has 1 amide bonds. The maximum absolute atomic E-state index is 12.3. The number of hydrogen-bond acceptors (Lipinski definition) is 3. The topological polar surface area (TPSA) is 38.3 Å². The molecule has 0 unspecified atom stereocenters. The van der Waals surface area contributed by atoms with E-state index >= 15 is 0 Å². The minimum absolute atomic E-state index is 0.0390. The summed E-state index contributed by atoms with van der Waals surface area (Å²) >= 11 is 1.65. The molecule has 0 saturated carbocycles. The number of thioether (sulfide) groups is 1. The summed E-state index contributed by atoms with van der Waals surface area (Å²) in [6.07, 6.45) is 0.861. The third-order valence-electron chi connectivity index (χ3n) is 4.19. The average molecular weight is 358 g/mol. The number of ether oxygens (including phenoxy) is 1. The molecule has 1 N–H and O–H groups in total. The van der Waals surface area contributed by atoms with Crippen molar-refractivity contribution in [3.05, 3.63) is 64.7 Å². The van der Waals surface area contributed by atoms with Gasteiger partial charge in [-0.1, -0.05) is 48.9 Å². The molecule has 0 bridgehead atoms. The lowest BCUT2D eigenvalue weighted by molar-refractivity contribution is -0.119. The lowest BCUT2D eigenvalue weighted by atomic mass is 10.0. The van der Waals surface area contributed by atoms with Crippen LogP contribution < -0.4 is 10.1 Å². The highest BCUT2D eigenvalue weighted by Gasteiger charge is 2.14. The van der Waals surface area contributed by atoms with E-state index in [2.05, 4.69) is 49.5 Å². The maximum atomic E-state index is 12.3. The van der Waals surface area contributed by atoms with Crippen LogP contribution in [0.15, 0.2) is 42.5 Å². The summed E-state index contributed by atoms with van der Waals surface area (Å²) in [6.45, 7) is 6.19. The van der Waals surface area contributed by atoms with E-state index in [1.807, 2.05) is 19.1 Å². The van der Waals surface area contributed by atoms with Crippen LogP contribution in [0.1, 0.15) is 41.6 Å². The quantitative estimate of drug-likeness (QED) is 0.736. The van der Waals surface area contributed by atoms with Gasteiger partial charge in [0.05, 0.1) is 18.9 Å². The zero-order chi connectivity index (χ0) is 18.2. The van der Waals surface area contributed by atoms with Crippen molar-refractivity contribution in [2.24, 2.45) is 0 Å². The van der Waals surface area contributed by atoms with Crippen LogP contribution >= 0.6 is 11.8 Å². The Balaban J connectivity index is 1.86. The van der Waals surface area contributed by atoms with E-state index < -0.39 is 0 Å². The number of benzene rings is 2. The summed E-state index contributed by atoms with van der Waals surface area (Å²) in [7, 11) is 1.67. The van der Waals surface area contributed by atoms with E-state index in [9.17, 15) is 4.79 Å². The van der Waals surface area contributed by atoms with Crippen molar-refractivity contribution in [1.29, 1.82) is 0 Å². The Kier molecular flexibility index (Phi) is 7.38. The Labute approximate surface area is 155 Å². The first-order chi connectivity index (χ1) is 12.0. The Morgan fingerprint density at radius 3 is 2.48 bits per heavy atom. The molecule has 0 spiro atoms. The van der Waals surface area contributed by atoms with Gasteiger partial charge in [0.25, 0.3) is 0 Å². The van der Waals surface area contributed by atoms with Crippen molar-refractivity contribution in [3.8, 4) is 5.75 Å². The molecule has 2 aromatic rings. The van der Waals surface area contributed by atoms with Crippen LogP contribution in [0.4, 0.5) is 0 Å². The van der Waals surface area contributed by atoms with E-state index in [1.165, 1.54) is 11.1 Å². The number of hydrogen-bond donors (Lipinski definition) is 1. The number of carbonyl (C=O) groups is 1. The van der Waals surface area contributed by atoms with Crippen LogP contribution in [0.25, 0.3) is 0 Å². The van der Waals surface area contributed by atoms with Crippen LogP contribution in [0.2, 0.25) is 0 Å². The molecule has 0 fully saturated rings. The highest BCUT2D eigenvalue weighted by Crippen LogP contribution is 2.24. The van der Waals surface area contributed by atoms with Crippen LogP contribution in [-0.2, 0) is 10.5 Å². The van der Waals surface area contributed by atoms with Gasteiger partial charge >= 0.3 is 0 Å². The van der Waals surface area contributed by atoms with Gasteiger partial charge < -0.3 is 10.1 Å². The smallest absolute Gasteiger partial charge is 0.230 e. The standard InChI is InChI=1S/C21H27NO2S/c1-5-19(18-10-11-20(24-4)16(3)12-18)22-21(23)14-25-13-17-8-6-15(2)7-9-17/h6-12,19H,5,13-14H2,1-4H3,(H,22,23)/t19-/m0/s1. The molecule has 2 aromatic carbocycles. The number of nitrogens with one attached hydrogen (secondary N) is 1. The Bertz CT molecular complexity index is 698. The minimum Gasteiger partial charge on any atom is -0.496 e. The molecular weight excluding hydrogens is 330 g/mol. The van der Waals surface area contributed by atoms with Crippen molar-refractivity contribution < 1.29 is 9.53 Å². The van der Waals surface area contributed by atoms with Gasteiger partial charge in [-0.2, -0.15) is 0 Å². The van der Waals surface area contributed by atoms with E-state index in [1.54, 1.807) is 18.9 Å². The largest absolute Gasteiger partial charge is 0.496 e. The second-order valence-electron chi connectivity index (χ2n) is 6.24. The molecule has 1 atom stereocenters. The molecule has 134 valence electrons. The first-order valence-electron chi connectivity index (χ1n) is 8.60. The summed E-state index contributed by atoms with van der Waals surface area (Å²) in [5.41, 5.74) is 4.72. The number of methoxy groups -OCH3 is 1. The van der Waals surface area contributed by atoms with Crippen LogP contribution in [0.5, 0.6) is 5.75 Å². The second kappa shape index (κ2) is 9.52. The predicted octanol–water partition coefficient (Wildman–Crippen LogP) is 4.81. The van der Waals surface area contributed by atoms with E-state index in [4.69, 9.17) is 4.74 Å². The van der Waals surface area contributed by atoms with Crippen LogP contribution in [0.3, 0.4) is 0 Å². The first kappa shape index (κ1) is 19.4. The van der Waals surface area contributed by atoms with Gasteiger partial charge in [-0.05, 0) is 43.0 Å². The van der Waals surface area contributed by atoms with E-state index in [-0.39, 0.29) is 11.9 Å². The fourth-order valence-electron chi connectivity index (χ4n) is 2.72. The van der Waals surface area contributed by atoms with Gasteiger partial charge in [0.1, 0.15) is 5.75 Å². The zero-order valence-electron chi connectivity index (χ0n) is 15.5. The Hall–Kier alpha value is -1.94. The van der Waals surface area contributed by atoms with Crippen LogP contribution in [0, 0.1) is 13.8 Å². The number of rotatable bonds is 8. The molecule has 25 heavy (non-hydrogen) atoms. The number of aryl methyl sites for hydroxylation is 2. The van der Waals surface area contributed by atoms with Gasteiger partial charge in [-0.25, -0.2) is 0 Å². The maximum Gasteiger partial charge on any atom is 0.230 e. The molecule has 0 saturated heterocycles. The first-order valence-corrected chi connectivity index (χ1v) is 9.76. The molecular formula is C21H27NO2S. The molecule has 0 radical (unpaired) electrons. The zero-order valence-corrected chi connectivity index (χ0v) is 16.3. The SMILES string of the molecule is CC[C@H](NC(=O)CSCc1ccc(C)cc1)c1ccc(OC)c(C)c1. The highest BCUT2D eigenvalue weighted by molar-refractivity contribution is 7.99. The van der Waals surface area contributed by atoms with Gasteiger partial charge in [0.2, 0.25) is 5.91 Å². The van der Waals surface area contributed by atoms with E-state index in [0.717, 1.165) is 29.1 Å². The van der Waals surface area contributed by atoms with Gasteiger partial charge in [0, 0.05) is 5.75 Å². The van der Waals surface area contributed by atoms with Crippen molar-refractivity contribution in [1.82, 2.24) is 5.32 Å². The highest BCUT2D eigenvalue weighted by atomic mass is 32.2. The van der Waals surface area contributed by atoms with Gasteiger partial charge in [0.15, 0.2) is 0 Å². The molecule has 0 aliphatic rings. The summed E-state index contributed by atoms with van der Waals surface area (Å²) in [5, 5.41) is 3.14. The molecule has 3 nitrogen and oxygen atoms in total. The molecule has 2 rings (SSSR count). The summed E-state index contributed by atoms with van der Waals surface area (Å²) in [6, 6.07) is 14.6. The molecule has 4 heteroatoms. The van der Waals surface area contributed by atoms with Crippen molar-refractivity contribution in [2.75, 3.05) is 12.9 Å². The minimum atomic E-state index is 0.0390. The molecule has 0 aliphatic carbocycles. The van der Waals surface area contributed by atoms with Crippen LogP contribution in [-0.4, -0.2) is 18.8 Å². The average Bonchev–Trinajstić information content (AvgIpc) is 2.61. The summed E-state index contributed by atoms with van der Waals surface area (Å²) < 4.78 is 5.31. The third kappa shape index (κ3) is 5.82. The summed E-state index contributed by atoms with van der Waals surface area (Å²) in [4.78, 5) is 12.3. The van der Waals surface area contributed by atoms with Crippen molar-refractivity contribution >= 4 is 17.7 Å². The predicted molar refractivity (Wildman–Crippen MR) is 106 cm³/mol. The molecule has 0 aliphatic heterocycles. The van der Waals surface area contributed by atoms with Gasteiger partial charge in [-0.3, -0.25) is 4.79 Å².